The van der Waals surface area contributed by atoms with Crippen LogP contribution in [0.15, 0.2) is 23.0 Å². The smallest absolute Gasteiger partial charge is 0.390 e. The lowest BCUT2D eigenvalue weighted by Crippen LogP contribution is -2.53. The van der Waals surface area contributed by atoms with Crippen LogP contribution in [0, 0.1) is 0 Å². The first-order valence-electron chi connectivity index (χ1n) is 5.64. The third kappa shape index (κ3) is 4.18. The van der Waals surface area contributed by atoms with E-state index in [4.69, 9.17) is 0 Å². The minimum atomic E-state index is -6.18. The van der Waals surface area contributed by atoms with E-state index in [0.717, 1.165) is 0 Å². The summed E-state index contributed by atoms with van der Waals surface area (Å²) in [7, 11) is 0.656. The average molecular weight is 369 g/mol. The van der Waals surface area contributed by atoms with Gasteiger partial charge in [-0.05, 0) is 31.5 Å². The molecule has 0 atom stereocenters. The van der Waals surface area contributed by atoms with Crippen LogP contribution >= 0.6 is 11.6 Å². The van der Waals surface area contributed by atoms with Gasteiger partial charge in [0.2, 0.25) is 0 Å². The number of aliphatic hydroxyl groups is 1. The van der Waals surface area contributed by atoms with E-state index < -0.39 is 45.9 Å². The van der Waals surface area contributed by atoms with E-state index in [0.29, 0.717) is 21.0 Å². The van der Waals surface area contributed by atoms with Gasteiger partial charge in [0.25, 0.3) is 0 Å². The van der Waals surface area contributed by atoms with Crippen LogP contribution in [0.5, 0.6) is 0 Å². The number of hydrogen-bond acceptors (Lipinski definition) is 4. The lowest BCUT2D eigenvalue weighted by atomic mass is 9.92. The van der Waals surface area contributed by atoms with Gasteiger partial charge in [0, 0.05) is 5.57 Å². The number of esters is 1. The molecular weight excluding hydrogens is 358 g/mol. The third-order valence-electron chi connectivity index (χ3n) is 2.46. The number of rotatable bonds is 6. The maximum Gasteiger partial charge on any atom is 0.390 e. The molecule has 0 fully saturated rings. The molecule has 0 rings (SSSR count). The maximum atomic E-state index is 13.9. The van der Waals surface area contributed by atoms with Gasteiger partial charge in [-0.15, -0.1) is 0 Å². The van der Waals surface area contributed by atoms with Crippen molar-refractivity contribution in [1.82, 2.24) is 0 Å². The summed E-state index contributed by atoms with van der Waals surface area (Å²) in [6, 6.07) is 0. The second-order valence-corrected chi connectivity index (χ2v) is 4.74. The number of ether oxygens (including phenoxy) is 1. The van der Waals surface area contributed by atoms with Gasteiger partial charge in [0.1, 0.15) is 11.3 Å². The van der Waals surface area contributed by atoms with E-state index in [-0.39, 0.29) is 6.08 Å². The second kappa shape index (κ2) is 6.81. The second-order valence-electron chi connectivity index (χ2n) is 4.27. The van der Waals surface area contributed by atoms with Gasteiger partial charge in [-0.1, -0.05) is 0 Å². The molecule has 0 saturated carbocycles. The molecule has 4 nitrogen and oxygen atoms in total. The number of carbonyl (C=O) groups is 2. The number of aliphatic hydroxyl groups excluding tert-OH is 1. The molecule has 23 heavy (non-hydrogen) atoms. The Hall–Kier alpha value is -1.71. The number of methoxy groups -OCH3 is 1. The Morgan fingerprint density at radius 1 is 1.09 bits per heavy atom. The molecule has 11 heteroatoms. The first-order chi connectivity index (χ1) is 10.1. The van der Waals surface area contributed by atoms with Crippen molar-refractivity contribution in [3.8, 4) is 0 Å². The number of alkyl halides is 7. The predicted molar refractivity (Wildman–Crippen MR) is 66.8 cm³/mol. The monoisotopic (exact) mass is 368 g/mol. The average Bonchev–Trinajstić information content (AvgIpc) is 2.34. The lowest BCUT2D eigenvalue weighted by molar-refractivity contribution is -0.263. The fourth-order valence-electron chi connectivity index (χ4n) is 1.42. The summed E-state index contributed by atoms with van der Waals surface area (Å²) in [4.78, 5) is 22.4. The Balaban J connectivity index is 6.62. The minimum Gasteiger partial charge on any atom is -0.512 e. The van der Waals surface area contributed by atoms with Crippen molar-refractivity contribution in [2.24, 2.45) is 0 Å². The van der Waals surface area contributed by atoms with Crippen molar-refractivity contribution < 1.29 is 45.8 Å². The molecule has 1 N–H and O–H groups in total. The largest absolute Gasteiger partial charge is 0.512 e. The lowest BCUT2D eigenvalue weighted by Gasteiger charge is -2.31. The molecule has 0 radical (unpaired) electrons. The van der Waals surface area contributed by atoms with Gasteiger partial charge in [0.15, 0.2) is 5.78 Å². The molecule has 0 aliphatic rings. The van der Waals surface area contributed by atoms with Crippen LogP contribution in [0.25, 0.3) is 0 Å². The summed E-state index contributed by atoms with van der Waals surface area (Å²) in [5, 5.41) is 3.55. The third-order valence-corrected chi connectivity index (χ3v) is 2.69. The molecular formula is C12H11ClF6O4. The van der Waals surface area contributed by atoms with E-state index in [9.17, 15) is 41.0 Å². The summed E-state index contributed by atoms with van der Waals surface area (Å²) in [6.45, 7) is 1.27. The normalized spacial score (nSPS) is 15.1. The van der Waals surface area contributed by atoms with Gasteiger partial charge in [-0.3, -0.25) is 4.79 Å². The molecule has 0 aromatic rings. The highest BCUT2D eigenvalue weighted by molar-refractivity contribution is 6.22. The molecule has 0 bridgehead atoms. The number of ketones is 1. The summed E-state index contributed by atoms with van der Waals surface area (Å²) in [5.74, 6) is -16.2. The van der Waals surface area contributed by atoms with E-state index in [1.54, 1.807) is 0 Å². The SMILES string of the molecule is COC(=O)C(/C(=C\C(C)=O)C(F)(F)C(F)(F)C(F)(F)Cl)=C(\C)O. The predicted octanol–water partition coefficient (Wildman–Crippen LogP) is 3.61. The molecule has 0 heterocycles. The highest BCUT2D eigenvalue weighted by atomic mass is 35.5. The van der Waals surface area contributed by atoms with Crippen LogP contribution < -0.4 is 0 Å². The van der Waals surface area contributed by atoms with Crippen molar-refractivity contribution in [3.05, 3.63) is 23.0 Å². The van der Waals surface area contributed by atoms with Crippen LogP contribution in [0.3, 0.4) is 0 Å². The van der Waals surface area contributed by atoms with Crippen molar-refractivity contribution >= 4 is 23.4 Å². The van der Waals surface area contributed by atoms with E-state index in [2.05, 4.69) is 16.3 Å². The van der Waals surface area contributed by atoms with Crippen LogP contribution in [0.2, 0.25) is 0 Å². The van der Waals surface area contributed by atoms with Crippen molar-refractivity contribution in [2.75, 3.05) is 7.11 Å². The van der Waals surface area contributed by atoms with Gasteiger partial charge in [0.05, 0.1) is 7.11 Å². The number of allylic oxidation sites excluding steroid dienone is 2. The molecule has 0 aliphatic heterocycles. The molecule has 0 aromatic carbocycles. The van der Waals surface area contributed by atoms with Gasteiger partial charge in [-0.2, -0.15) is 26.3 Å². The Labute approximate surface area is 131 Å². The van der Waals surface area contributed by atoms with Gasteiger partial charge >= 0.3 is 23.2 Å². The fourth-order valence-corrected chi connectivity index (χ4v) is 1.54. The van der Waals surface area contributed by atoms with Crippen molar-refractivity contribution in [2.45, 2.75) is 31.1 Å². The van der Waals surface area contributed by atoms with Crippen molar-refractivity contribution in [3.63, 3.8) is 0 Å². The summed E-state index contributed by atoms with van der Waals surface area (Å²) in [6.07, 6.45) is -0.192. The Morgan fingerprint density at radius 3 is 1.78 bits per heavy atom. The molecule has 0 amide bonds. The zero-order valence-electron chi connectivity index (χ0n) is 11.9. The molecule has 0 aromatic heterocycles. The number of carbonyl (C=O) groups excluding carboxylic acids is 2. The first-order valence-corrected chi connectivity index (χ1v) is 6.02. The Bertz CT molecular complexity index is 558. The highest BCUT2D eigenvalue weighted by Gasteiger charge is 2.73. The molecule has 132 valence electrons. The Morgan fingerprint density at radius 2 is 1.52 bits per heavy atom. The fraction of sp³-hybridized carbons (Fsp3) is 0.500. The van der Waals surface area contributed by atoms with E-state index >= 15 is 0 Å². The summed E-state index contributed by atoms with van der Waals surface area (Å²) >= 11 is 4.02. The summed E-state index contributed by atoms with van der Waals surface area (Å²) < 4.78 is 84.0. The molecule has 0 spiro atoms. The Kier molecular flexibility index (Phi) is 6.31. The maximum absolute atomic E-state index is 13.9. The standard InChI is InChI=1S/C12H11ClF6O4/c1-5(20)4-7(8(6(2)21)9(22)23-3)10(14,15)11(16,17)12(13,18)19/h4,21H,1-3H3/b7-4+,8-6+. The van der Waals surface area contributed by atoms with Crippen molar-refractivity contribution in [1.29, 1.82) is 0 Å². The zero-order valence-corrected chi connectivity index (χ0v) is 12.7. The van der Waals surface area contributed by atoms with Gasteiger partial charge in [-0.25, -0.2) is 4.79 Å². The molecule has 0 saturated heterocycles. The van der Waals surface area contributed by atoms with Crippen LogP contribution in [-0.2, 0) is 14.3 Å². The number of halogens is 7. The molecule has 0 aliphatic carbocycles. The minimum absolute atomic E-state index is 0.192. The highest BCUT2D eigenvalue weighted by Crippen LogP contribution is 2.52. The quantitative estimate of drug-likeness (QED) is 0.194. The van der Waals surface area contributed by atoms with Gasteiger partial charge < -0.3 is 9.84 Å². The number of hydrogen-bond donors (Lipinski definition) is 1. The van der Waals surface area contributed by atoms with Crippen LogP contribution in [0.1, 0.15) is 13.8 Å². The van der Waals surface area contributed by atoms with E-state index in [1.807, 2.05) is 0 Å². The topological polar surface area (TPSA) is 63.6 Å². The summed E-state index contributed by atoms with van der Waals surface area (Å²) in [5.41, 5.74) is -3.71. The van der Waals surface area contributed by atoms with Crippen LogP contribution in [0.4, 0.5) is 26.3 Å². The first kappa shape index (κ1) is 21.3. The van der Waals surface area contributed by atoms with E-state index in [1.165, 1.54) is 0 Å². The zero-order chi connectivity index (χ0) is 18.8. The molecule has 0 unspecified atom stereocenters. The van der Waals surface area contributed by atoms with Crippen LogP contribution in [-0.4, -0.2) is 41.2 Å².